The zero-order valence-electron chi connectivity index (χ0n) is 13.1. The summed E-state index contributed by atoms with van der Waals surface area (Å²) in [5.74, 6) is 1.59. The molecule has 1 amide bonds. The molecule has 1 rings (SSSR count). The van der Waals surface area contributed by atoms with Gasteiger partial charge in [-0.1, -0.05) is 13.8 Å². The summed E-state index contributed by atoms with van der Waals surface area (Å²) in [6, 6.07) is 0.650. The lowest BCUT2D eigenvalue weighted by Crippen LogP contribution is -2.36. The van der Waals surface area contributed by atoms with Crippen LogP contribution in [0.5, 0.6) is 0 Å². The summed E-state index contributed by atoms with van der Waals surface area (Å²) in [4.78, 5) is 11.4. The Morgan fingerprint density at radius 3 is 2.42 bits per heavy atom. The van der Waals surface area contributed by atoms with Crippen LogP contribution in [-0.2, 0) is 4.74 Å². The van der Waals surface area contributed by atoms with Gasteiger partial charge in [0.15, 0.2) is 0 Å². The number of nitrogens with one attached hydrogen (secondary N) is 2. The lowest BCUT2D eigenvalue weighted by molar-refractivity contribution is 0.0527. The van der Waals surface area contributed by atoms with Crippen LogP contribution in [0.1, 0.15) is 53.9 Å². The van der Waals surface area contributed by atoms with E-state index in [4.69, 9.17) is 4.74 Å². The summed E-state index contributed by atoms with van der Waals surface area (Å²) in [5.41, 5.74) is -0.419. The molecular formula is C15H30N2O2. The number of hydrogen-bond donors (Lipinski definition) is 2. The Morgan fingerprint density at radius 1 is 1.21 bits per heavy atom. The van der Waals surface area contributed by atoms with E-state index >= 15 is 0 Å². The third-order valence-electron chi connectivity index (χ3n) is 3.89. The summed E-state index contributed by atoms with van der Waals surface area (Å²) in [6.45, 7) is 11.9. The maximum absolute atomic E-state index is 11.4. The maximum Gasteiger partial charge on any atom is 0.407 e. The van der Waals surface area contributed by atoms with Crippen LogP contribution >= 0.6 is 0 Å². The van der Waals surface area contributed by atoms with Gasteiger partial charge in [0.25, 0.3) is 0 Å². The highest BCUT2D eigenvalue weighted by Gasteiger charge is 2.28. The Bertz CT molecular complexity index is 286. The van der Waals surface area contributed by atoms with Gasteiger partial charge in [0, 0.05) is 12.6 Å². The van der Waals surface area contributed by atoms with Crippen LogP contribution in [0.25, 0.3) is 0 Å². The average molecular weight is 270 g/mol. The van der Waals surface area contributed by atoms with Crippen molar-refractivity contribution < 1.29 is 9.53 Å². The lowest BCUT2D eigenvalue weighted by Gasteiger charge is -2.21. The molecule has 1 aliphatic carbocycles. The Balaban J connectivity index is 2.04. The molecule has 0 bridgehead atoms. The zero-order valence-corrected chi connectivity index (χ0v) is 13.1. The van der Waals surface area contributed by atoms with Crippen molar-refractivity contribution in [2.24, 2.45) is 11.8 Å². The molecule has 0 aromatic carbocycles. The molecule has 0 radical (unpaired) electrons. The van der Waals surface area contributed by atoms with Gasteiger partial charge in [0.1, 0.15) is 5.60 Å². The largest absolute Gasteiger partial charge is 0.444 e. The summed E-state index contributed by atoms with van der Waals surface area (Å²) in [7, 11) is 0. The second-order valence-electron chi connectivity index (χ2n) is 6.76. The SMILES string of the molecule is CC1CCC(NCCCNC(=O)OC(C)(C)C)C1C. The second-order valence-corrected chi connectivity index (χ2v) is 6.76. The number of rotatable bonds is 5. The van der Waals surface area contributed by atoms with E-state index in [2.05, 4.69) is 24.5 Å². The number of hydrogen-bond acceptors (Lipinski definition) is 3. The molecule has 0 heterocycles. The molecular weight excluding hydrogens is 240 g/mol. The molecule has 112 valence electrons. The van der Waals surface area contributed by atoms with Gasteiger partial charge in [0.2, 0.25) is 0 Å². The molecule has 1 aliphatic rings. The van der Waals surface area contributed by atoms with Crippen LogP contribution in [0.2, 0.25) is 0 Å². The van der Waals surface area contributed by atoms with E-state index in [0.29, 0.717) is 12.6 Å². The molecule has 0 spiro atoms. The fourth-order valence-electron chi connectivity index (χ4n) is 2.53. The highest BCUT2D eigenvalue weighted by atomic mass is 16.6. The highest BCUT2D eigenvalue weighted by Crippen LogP contribution is 2.30. The fraction of sp³-hybridized carbons (Fsp3) is 0.933. The van der Waals surface area contributed by atoms with Crippen molar-refractivity contribution in [3.8, 4) is 0 Å². The predicted molar refractivity (Wildman–Crippen MR) is 78.2 cm³/mol. The van der Waals surface area contributed by atoms with Gasteiger partial charge < -0.3 is 15.4 Å². The van der Waals surface area contributed by atoms with Crippen LogP contribution in [0, 0.1) is 11.8 Å². The van der Waals surface area contributed by atoms with E-state index in [-0.39, 0.29) is 6.09 Å². The van der Waals surface area contributed by atoms with E-state index in [9.17, 15) is 4.79 Å². The van der Waals surface area contributed by atoms with Crippen LogP contribution in [0.3, 0.4) is 0 Å². The number of carbonyl (C=O) groups is 1. The molecule has 3 atom stereocenters. The van der Waals surface area contributed by atoms with Crippen molar-refractivity contribution in [2.75, 3.05) is 13.1 Å². The molecule has 0 saturated heterocycles. The molecule has 0 aromatic rings. The first kappa shape index (κ1) is 16.3. The summed E-state index contributed by atoms with van der Waals surface area (Å²) >= 11 is 0. The fourth-order valence-corrected chi connectivity index (χ4v) is 2.53. The molecule has 0 aromatic heterocycles. The third-order valence-corrected chi connectivity index (χ3v) is 3.89. The van der Waals surface area contributed by atoms with Crippen LogP contribution in [0.15, 0.2) is 0 Å². The van der Waals surface area contributed by atoms with E-state index in [1.165, 1.54) is 12.8 Å². The van der Waals surface area contributed by atoms with Gasteiger partial charge in [-0.3, -0.25) is 0 Å². The Hall–Kier alpha value is -0.770. The van der Waals surface area contributed by atoms with Crippen molar-refractivity contribution >= 4 is 6.09 Å². The van der Waals surface area contributed by atoms with Gasteiger partial charge in [0.05, 0.1) is 0 Å². The zero-order chi connectivity index (χ0) is 14.5. The normalized spacial score (nSPS) is 27.3. The molecule has 4 nitrogen and oxygen atoms in total. The van der Waals surface area contributed by atoms with E-state index in [1.54, 1.807) is 0 Å². The van der Waals surface area contributed by atoms with Gasteiger partial charge >= 0.3 is 6.09 Å². The summed E-state index contributed by atoms with van der Waals surface area (Å²) < 4.78 is 5.18. The van der Waals surface area contributed by atoms with Gasteiger partial charge in [-0.15, -0.1) is 0 Å². The van der Waals surface area contributed by atoms with Crippen LogP contribution in [0.4, 0.5) is 4.79 Å². The summed E-state index contributed by atoms with van der Waals surface area (Å²) in [5, 5.41) is 6.38. The average Bonchev–Trinajstić information content (AvgIpc) is 2.58. The minimum Gasteiger partial charge on any atom is -0.444 e. The maximum atomic E-state index is 11.4. The number of alkyl carbamates (subject to hydrolysis) is 1. The smallest absolute Gasteiger partial charge is 0.407 e. The molecule has 19 heavy (non-hydrogen) atoms. The summed E-state index contributed by atoms with van der Waals surface area (Å²) in [6.07, 6.45) is 3.23. The lowest BCUT2D eigenvalue weighted by atomic mass is 9.98. The first-order valence-corrected chi connectivity index (χ1v) is 7.50. The Kier molecular flexibility index (Phi) is 6.11. The Labute approximate surface area is 117 Å². The second kappa shape index (κ2) is 7.13. The van der Waals surface area contributed by atoms with Crippen molar-refractivity contribution in [1.82, 2.24) is 10.6 Å². The van der Waals surface area contributed by atoms with Crippen molar-refractivity contribution in [1.29, 1.82) is 0 Å². The first-order chi connectivity index (χ1) is 8.79. The molecule has 4 heteroatoms. The van der Waals surface area contributed by atoms with E-state index < -0.39 is 5.60 Å². The quantitative estimate of drug-likeness (QED) is 0.755. The van der Waals surface area contributed by atoms with Gasteiger partial charge in [-0.25, -0.2) is 4.79 Å². The molecule has 3 unspecified atom stereocenters. The van der Waals surface area contributed by atoms with Crippen LogP contribution < -0.4 is 10.6 Å². The monoisotopic (exact) mass is 270 g/mol. The molecule has 0 aliphatic heterocycles. The Morgan fingerprint density at radius 2 is 1.89 bits per heavy atom. The van der Waals surface area contributed by atoms with Crippen LogP contribution in [-0.4, -0.2) is 30.8 Å². The minimum absolute atomic E-state index is 0.324. The van der Waals surface area contributed by atoms with E-state index in [1.807, 2.05) is 20.8 Å². The van der Waals surface area contributed by atoms with E-state index in [0.717, 1.165) is 24.8 Å². The first-order valence-electron chi connectivity index (χ1n) is 7.50. The standard InChI is InChI=1S/C15H30N2O2/c1-11-7-8-13(12(11)2)16-9-6-10-17-14(18)19-15(3,4)5/h11-13,16H,6-10H2,1-5H3,(H,17,18). The molecule has 2 N–H and O–H groups in total. The number of ether oxygens (including phenoxy) is 1. The van der Waals surface area contributed by atoms with Gasteiger partial charge in [-0.05, 0) is 58.4 Å². The van der Waals surface area contributed by atoms with Crippen molar-refractivity contribution in [3.63, 3.8) is 0 Å². The predicted octanol–water partition coefficient (Wildman–Crippen LogP) is 2.93. The molecule has 1 saturated carbocycles. The molecule has 1 fully saturated rings. The number of carbonyl (C=O) groups excluding carboxylic acids is 1. The van der Waals surface area contributed by atoms with Gasteiger partial charge in [-0.2, -0.15) is 0 Å². The van der Waals surface area contributed by atoms with Crippen molar-refractivity contribution in [2.45, 2.75) is 65.5 Å². The topological polar surface area (TPSA) is 50.4 Å². The third kappa shape index (κ3) is 6.28. The van der Waals surface area contributed by atoms with Crippen molar-refractivity contribution in [3.05, 3.63) is 0 Å². The number of amides is 1. The minimum atomic E-state index is -0.419. The highest BCUT2D eigenvalue weighted by molar-refractivity contribution is 5.67.